The first kappa shape index (κ1) is 11.2. The molecule has 0 heterocycles. The summed E-state index contributed by atoms with van der Waals surface area (Å²) in [6.45, 7) is 0. The molecule has 0 amide bonds. The van der Waals surface area contributed by atoms with Gasteiger partial charge >= 0.3 is 0 Å². The molecular formula is C10H11Cl3. The molecule has 0 saturated heterocycles. The minimum Gasteiger partial charge on any atom is -0.0837 e. The van der Waals surface area contributed by atoms with Crippen LogP contribution in [0.4, 0.5) is 0 Å². The molecule has 0 atom stereocenters. The lowest BCUT2D eigenvalue weighted by molar-refractivity contribution is 0.752. The first-order valence-electron chi connectivity index (χ1n) is 4.18. The summed E-state index contributed by atoms with van der Waals surface area (Å²) in [7, 11) is 0. The van der Waals surface area contributed by atoms with E-state index in [-0.39, 0.29) is 0 Å². The second-order valence-corrected chi connectivity index (χ2v) is 5.47. The van der Waals surface area contributed by atoms with Gasteiger partial charge in [0.15, 0.2) is 3.79 Å². The molecule has 0 aliphatic rings. The van der Waals surface area contributed by atoms with Gasteiger partial charge in [0.25, 0.3) is 0 Å². The van der Waals surface area contributed by atoms with E-state index in [2.05, 4.69) is 12.1 Å². The summed E-state index contributed by atoms with van der Waals surface area (Å²) in [6.07, 6.45) is 2.47. The van der Waals surface area contributed by atoms with Gasteiger partial charge in [-0.25, -0.2) is 0 Å². The third kappa shape index (κ3) is 5.41. The molecule has 0 aliphatic heterocycles. The van der Waals surface area contributed by atoms with Crippen molar-refractivity contribution in [2.45, 2.75) is 23.1 Å². The molecule has 0 unspecified atom stereocenters. The summed E-state index contributed by atoms with van der Waals surface area (Å²) < 4.78 is -1.10. The van der Waals surface area contributed by atoms with Gasteiger partial charge in [0.2, 0.25) is 0 Å². The Hall–Kier alpha value is 0.0900. The molecule has 1 aromatic carbocycles. The van der Waals surface area contributed by atoms with Gasteiger partial charge in [-0.1, -0.05) is 65.1 Å². The molecule has 0 bridgehead atoms. The minimum atomic E-state index is -1.10. The summed E-state index contributed by atoms with van der Waals surface area (Å²) in [4.78, 5) is 0. The molecule has 3 heteroatoms. The number of rotatable bonds is 3. The van der Waals surface area contributed by atoms with Gasteiger partial charge in [-0.15, -0.1) is 0 Å². The van der Waals surface area contributed by atoms with Gasteiger partial charge in [-0.2, -0.15) is 0 Å². The lowest BCUT2D eigenvalue weighted by Crippen LogP contribution is -2.02. The molecular weight excluding hydrogens is 226 g/mol. The highest BCUT2D eigenvalue weighted by molar-refractivity contribution is 6.67. The van der Waals surface area contributed by atoms with Crippen molar-refractivity contribution in [3.8, 4) is 0 Å². The lowest BCUT2D eigenvalue weighted by Gasteiger charge is -2.09. The van der Waals surface area contributed by atoms with E-state index >= 15 is 0 Å². The highest BCUT2D eigenvalue weighted by Gasteiger charge is 2.18. The predicted molar refractivity (Wildman–Crippen MR) is 59.7 cm³/mol. The van der Waals surface area contributed by atoms with Gasteiger partial charge < -0.3 is 0 Å². The van der Waals surface area contributed by atoms with Crippen molar-refractivity contribution in [3.63, 3.8) is 0 Å². The molecule has 1 aromatic rings. The molecule has 0 aliphatic carbocycles. The summed E-state index contributed by atoms with van der Waals surface area (Å²) in [6, 6.07) is 10.2. The van der Waals surface area contributed by atoms with Crippen molar-refractivity contribution in [3.05, 3.63) is 35.9 Å². The number of alkyl halides is 3. The standard InChI is InChI=1S/C10H11Cl3/c11-10(12,13)8-4-7-9-5-2-1-3-6-9/h1-3,5-6H,4,7-8H2. The van der Waals surface area contributed by atoms with E-state index < -0.39 is 3.79 Å². The fraction of sp³-hybridized carbons (Fsp3) is 0.400. The number of hydrogen-bond acceptors (Lipinski definition) is 0. The molecule has 1 rings (SSSR count). The Morgan fingerprint density at radius 1 is 1.00 bits per heavy atom. The second kappa shape index (κ2) is 5.09. The van der Waals surface area contributed by atoms with Crippen LogP contribution in [0.1, 0.15) is 18.4 Å². The average Bonchev–Trinajstić information content (AvgIpc) is 2.04. The molecule has 0 fully saturated rings. The fourth-order valence-corrected chi connectivity index (χ4v) is 1.54. The van der Waals surface area contributed by atoms with Crippen LogP contribution in [-0.4, -0.2) is 3.79 Å². The molecule has 0 saturated carbocycles. The Kier molecular flexibility index (Phi) is 4.37. The van der Waals surface area contributed by atoms with Gasteiger partial charge in [0.1, 0.15) is 0 Å². The maximum absolute atomic E-state index is 5.63. The van der Waals surface area contributed by atoms with Crippen LogP contribution in [-0.2, 0) is 6.42 Å². The molecule has 0 nitrogen and oxygen atoms in total. The summed E-state index contributed by atoms with van der Waals surface area (Å²) in [5.74, 6) is 0. The number of halogens is 3. The Morgan fingerprint density at radius 3 is 2.15 bits per heavy atom. The van der Waals surface area contributed by atoms with E-state index in [1.165, 1.54) is 5.56 Å². The topological polar surface area (TPSA) is 0 Å². The van der Waals surface area contributed by atoms with E-state index in [1.54, 1.807) is 0 Å². The first-order valence-corrected chi connectivity index (χ1v) is 5.32. The largest absolute Gasteiger partial charge is 0.190 e. The average molecular weight is 238 g/mol. The van der Waals surface area contributed by atoms with Crippen LogP contribution >= 0.6 is 34.8 Å². The SMILES string of the molecule is ClC(Cl)(Cl)CCCc1ccccc1. The maximum Gasteiger partial charge on any atom is 0.190 e. The van der Waals surface area contributed by atoms with Crippen molar-refractivity contribution < 1.29 is 0 Å². The normalized spacial score (nSPS) is 11.6. The summed E-state index contributed by atoms with van der Waals surface area (Å²) in [5.41, 5.74) is 1.29. The van der Waals surface area contributed by atoms with E-state index in [1.807, 2.05) is 18.2 Å². The van der Waals surface area contributed by atoms with Crippen molar-refractivity contribution in [1.82, 2.24) is 0 Å². The zero-order chi connectivity index (χ0) is 9.73. The quantitative estimate of drug-likeness (QED) is 0.685. The molecule has 0 N–H and O–H groups in total. The van der Waals surface area contributed by atoms with E-state index in [4.69, 9.17) is 34.8 Å². The molecule has 13 heavy (non-hydrogen) atoms. The van der Waals surface area contributed by atoms with Crippen LogP contribution in [0, 0.1) is 0 Å². The first-order chi connectivity index (χ1) is 6.08. The maximum atomic E-state index is 5.63. The van der Waals surface area contributed by atoms with Crippen LogP contribution in [0.15, 0.2) is 30.3 Å². The smallest absolute Gasteiger partial charge is 0.0837 e. The third-order valence-corrected chi connectivity index (χ3v) is 2.34. The van der Waals surface area contributed by atoms with E-state index in [0.717, 1.165) is 12.8 Å². The van der Waals surface area contributed by atoms with Gasteiger partial charge in [0.05, 0.1) is 0 Å². The second-order valence-electron chi connectivity index (χ2n) is 2.95. The van der Waals surface area contributed by atoms with E-state index in [0.29, 0.717) is 6.42 Å². The van der Waals surface area contributed by atoms with Gasteiger partial charge in [-0.05, 0) is 24.8 Å². The monoisotopic (exact) mass is 236 g/mol. The fourth-order valence-electron chi connectivity index (χ4n) is 1.14. The van der Waals surface area contributed by atoms with Crippen molar-refractivity contribution in [2.24, 2.45) is 0 Å². The Labute approximate surface area is 93.8 Å². The zero-order valence-corrected chi connectivity index (χ0v) is 9.41. The van der Waals surface area contributed by atoms with Crippen LogP contribution in [0.3, 0.4) is 0 Å². The van der Waals surface area contributed by atoms with Crippen molar-refractivity contribution >= 4 is 34.8 Å². The van der Waals surface area contributed by atoms with Crippen molar-refractivity contribution in [1.29, 1.82) is 0 Å². The van der Waals surface area contributed by atoms with Crippen LogP contribution in [0.25, 0.3) is 0 Å². The predicted octanol–water partition coefficient (Wildman–Crippen LogP) is 4.38. The third-order valence-electron chi connectivity index (χ3n) is 1.77. The number of aryl methyl sites for hydroxylation is 1. The molecule has 0 spiro atoms. The van der Waals surface area contributed by atoms with E-state index in [9.17, 15) is 0 Å². The lowest BCUT2D eigenvalue weighted by atomic mass is 10.1. The zero-order valence-electron chi connectivity index (χ0n) is 7.14. The summed E-state index contributed by atoms with van der Waals surface area (Å²) in [5, 5.41) is 0. The van der Waals surface area contributed by atoms with Crippen LogP contribution < -0.4 is 0 Å². The minimum absolute atomic E-state index is 0.604. The Morgan fingerprint density at radius 2 is 1.62 bits per heavy atom. The molecule has 0 radical (unpaired) electrons. The Bertz CT molecular complexity index is 238. The van der Waals surface area contributed by atoms with Crippen LogP contribution in [0.5, 0.6) is 0 Å². The summed E-state index contributed by atoms with van der Waals surface area (Å²) >= 11 is 16.9. The molecule has 0 aromatic heterocycles. The van der Waals surface area contributed by atoms with Crippen LogP contribution in [0.2, 0.25) is 0 Å². The highest BCUT2D eigenvalue weighted by atomic mass is 35.6. The van der Waals surface area contributed by atoms with Crippen molar-refractivity contribution in [2.75, 3.05) is 0 Å². The highest BCUT2D eigenvalue weighted by Crippen LogP contribution is 2.31. The van der Waals surface area contributed by atoms with Gasteiger partial charge in [-0.3, -0.25) is 0 Å². The number of benzene rings is 1. The Balaban J connectivity index is 2.29. The number of hydrogen-bond donors (Lipinski definition) is 0. The molecule has 72 valence electrons. The van der Waals surface area contributed by atoms with Gasteiger partial charge in [0, 0.05) is 0 Å².